The lowest BCUT2D eigenvalue weighted by molar-refractivity contribution is 1.31. The molecule has 5 aromatic carbocycles. The van der Waals surface area contributed by atoms with E-state index in [0.29, 0.717) is 0 Å². The summed E-state index contributed by atoms with van der Waals surface area (Å²) >= 11 is 3.69. The lowest BCUT2D eigenvalue weighted by Gasteiger charge is -2.13. The summed E-state index contributed by atoms with van der Waals surface area (Å²) in [6.45, 7) is 0. The summed E-state index contributed by atoms with van der Waals surface area (Å²) in [5.41, 5.74) is 2.13. The van der Waals surface area contributed by atoms with Crippen molar-refractivity contribution in [2.45, 2.75) is 0 Å². The summed E-state index contributed by atoms with van der Waals surface area (Å²) in [5, 5.41) is 10.2. The van der Waals surface area contributed by atoms with Gasteiger partial charge in [-0.15, -0.1) is 0 Å². The van der Waals surface area contributed by atoms with Gasteiger partial charge in [0.15, 0.2) is 0 Å². The summed E-state index contributed by atoms with van der Waals surface area (Å²) in [6, 6.07) is 32.6. The predicted molar refractivity (Wildman–Crippen MR) is 127 cm³/mol. The Morgan fingerprint density at radius 1 is 0.517 bits per heavy atom. The van der Waals surface area contributed by atoms with Crippen LogP contribution in [0.5, 0.6) is 0 Å². The maximum atomic E-state index is 4.66. The van der Waals surface area contributed by atoms with Gasteiger partial charge in [-0.2, -0.15) is 0 Å². The molecule has 0 fully saturated rings. The molecule has 1 aromatic heterocycles. The van der Waals surface area contributed by atoms with E-state index in [4.69, 9.17) is 0 Å². The van der Waals surface area contributed by atoms with Crippen molar-refractivity contribution in [1.82, 2.24) is 4.98 Å². The van der Waals surface area contributed by atoms with Gasteiger partial charge >= 0.3 is 0 Å². The first-order valence-corrected chi connectivity index (χ1v) is 10.5. The Kier molecular flexibility index (Phi) is 3.68. The van der Waals surface area contributed by atoms with Crippen molar-refractivity contribution < 1.29 is 0 Å². The van der Waals surface area contributed by atoms with Gasteiger partial charge in [0.25, 0.3) is 0 Å². The van der Waals surface area contributed by atoms with Crippen molar-refractivity contribution in [3.63, 3.8) is 0 Å². The molecule has 0 aliphatic heterocycles. The lowest BCUT2D eigenvalue weighted by atomic mass is 9.92. The fourth-order valence-electron chi connectivity index (χ4n) is 4.47. The van der Waals surface area contributed by atoms with Crippen LogP contribution in [0.1, 0.15) is 0 Å². The van der Waals surface area contributed by atoms with Crippen LogP contribution < -0.4 is 0 Å². The Morgan fingerprint density at radius 3 is 2.10 bits per heavy atom. The molecule has 0 atom stereocenters. The van der Waals surface area contributed by atoms with Gasteiger partial charge < -0.3 is 0 Å². The number of rotatable bonds is 1. The molecule has 0 saturated heterocycles. The number of fused-ring (bicyclic) bond motifs is 7. The molecule has 2 heteroatoms. The molecule has 0 N–H and O–H groups in total. The van der Waals surface area contributed by atoms with Crippen LogP contribution in [-0.2, 0) is 0 Å². The zero-order valence-corrected chi connectivity index (χ0v) is 17.1. The van der Waals surface area contributed by atoms with Crippen molar-refractivity contribution >= 4 is 59.0 Å². The van der Waals surface area contributed by atoms with Crippen LogP contribution in [0.25, 0.3) is 54.3 Å². The summed E-state index contributed by atoms with van der Waals surface area (Å²) < 4.78 is 1.01. The van der Waals surface area contributed by atoms with E-state index < -0.39 is 0 Å². The van der Waals surface area contributed by atoms with Crippen molar-refractivity contribution in [1.29, 1.82) is 0 Å². The molecule has 0 bridgehead atoms. The van der Waals surface area contributed by atoms with E-state index in [9.17, 15) is 0 Å². The highest BCUT2D eigenvalue weighted by Crippen LogP contribution is 2.39. The molecule has 0 radical (unpaired) electrons. The highest BCUT2D eigenvalue weighted by molar-refractivity contribution is 9.10. The average molecular weight is 434 g/mol. The van der Waals surface area contributed by atoms with Crippen molar-refractivity contribution in [3.05, 3.63) is 102 Å². The molecular formula is C27H16BrN. The molecule has 1 heterocycles. The smallest absolute Gasteiger partial charge is 0.0850 e. The molecule has 6 rings (SSSR count). The molecule has 0 amide bonds. The third-order valence-electron chi connectivity index (χ3n) is 5.78. The van der Waals surface area contributed by atoms with Crippen molar-refractivity contribution in [2.24, 2.45) is 0 Å². The van der Waals surface area contributed by atoms with E-state index in [2.05, 4.69) is 99.8 Å². The first-order chi connectivity index (χ1) is 14.3. The van der Waals surface area contributed by atoms with E-state index in [0.717, 1.165) is 15.7 Å². The van der Waals surface area contributed by atoms with Crippen LogP contribution in [-0.4, -0.2) is 4.98 Å². The highest BCUT2D eigenvalue weighted by Gasteiger charge is 2.13. The summed E-state index contributed by atoms with van der Waals surface area (Å²) in [7, 11) is 0. The number of halogens is 1. The zero-order valence-electron chi connectivity index (χ0n) is 15.6. The number of benzene rings is 5. The van der Waals surface area contributed by atoms with Gasteiger partial charge in [0.05, 0.1) is 5.69 Å². The zero-order chi connectivity index (χ0) is 19.4. The molecule has 29 heavy (non-hydrogen) atoms. The molecule has 0 unspecified atom stereocenters. The van der Waals surface area contributed by atoms with Crippen molar-refractivity contribution in [2.75, 3.05) is 0 Å². The Hall–Kier alpha value is -3.23. The Morgan fingerprint density at radius 2 is 1.21 bits per heavy atom. The summed E-state index contributed by atoms with van der Waals surface area (Å²) in [5.74, 6) is 0. The van der Waals surface area contributed by atoms with E-state index >= 15 is 0 Å². The topological polar surface area (TPSA) is 12.9 Å². The molecule has 6 aromatic rings. The van der Waals surface area contributed by atoms with Crippen LogP contribution >= 0.6 is 15.9 Å². The van der Waals surface area contributed by atoms with Crippen LogP contribution in [0.2, 0.25) is 0 Å². The molecule has 0 aliphatic rings. The maximum Gasteiger partial charge on any atom is 0.0850 e. The Labute approximate surface area is 176 Å². The Bertz CT molecular complexity index is 1570. The molecule has 136 valence electrons. The second kappa shape index (κ2) is 6.40. The van der Waals surface area contributed by atoms with Crippen LogP contribution in [0.4, 0.5) is 0 Å². The van der Waals surface area contributed by atoms with E-state index in [1.807, 2.05) is 18.3 Å². The fraction of sp³-hybridized carbons (Fsp3) is 0. The van der Waals surface area contributed by atoms with Crippen LogP contribution in [0, 0.1) is 0 Å². The monoisotopic (exact) mass is 433 g/mol. The van der Waals surface area contributed by atoms with E-state index in [-0.39, 0.29) is 0 Å². The van der Waals surface area contributed by atoms with Crippen molar-refractivity contribution in [3.8, 4) is 11.3 Å². The lowest BCUT2D eigenvalue weighted by Crippen LogP contribution is -1.89. The van der Waals surface area contributed by atoms with Gasteiger partial charge in [-0.05, 0) is 71.2 Å². The number of pyridine rings is 1. The standard InChI is InChI=1S/C27H16BrN/c28-25-9-4-16-29-27(25)24-8-3-6-18-11-13-22-21-12-10-17-5-1-2-7-19(17)20(21)14-15-23(22)26(18)24/h1-16H. The third kappa shape index (κ3) is 2.49. The van der Waals surface area contributed by atoms with E-state index in [1.54, 1.807) is 0 Å². The maximum absolute atomic E-state index is 4.66. The normalized spacial score (nSPS) is 11.6. The second-order valence-electron chi connectivity index (χ2n) is 7.35. The number of hydrogen-bond donors (Lipinski definition) is 0. The minimum Gasteiger partial charge on any atom is -0.255 e. The summed E-state index contributed by atoms with van der Waals surface area (Å²) in [6.07, 6.45) is 1.85. The van der Waals surface area contributed by atoms with Gasteiger partial charge in [0, 0.05) is 16.2 Å². The molecular weight excluding hydrogens is 418 g/mol. The summed E-state index contributed by atoms with van der Waals surface area (Å²) in [4.78, 5) is 4.66. The predicted octanol–water partition coefficient (Wildman–Crippen LogP) is 8.12. The van der Waals surface area contributed by atoms with E-state index in [1.165, 1.54) is 43.1 Å². The number of aromatic nitrogens is 1. The SMILES string of the molecule is Brc1cccnc1-c1cccc2ccc3c4ccc5ccccc5c4ccc3c12. The van der Waals surface area contributed by atoms with Gasteiger partial charge in [-0.3, -0.25) is 4.98 Å². The molecule has 0 aliphatic carbocycles. The molecule has 0 saturated carbocycles. The highest BCUT2D eigenvalue weighted by atomic mass is 79.9. The quantitative estimate of drug-likeness (QED) is 0.238. The third-order valence-corrected chi connectivity index (χ3v) is 6.42. The van der Waals surface area contributed by atoms with Gasteiger partial charge in [-0.25, -0.2) is 0 Å². The van der Waals surface area contributed by atoms with Crippen LogP contribution in [0.15, 0.2) is 102 Å². The first-order valence-electron chi connectivity index (χ1n) is 9.68. The minimum atomic E-state index is 0.976. The van der Waals surface area contributed by atoms with Crippen LogP contribution in [0.3, 0.4) is 0 Å². The second-order valence-corrected chi connectivity index (χ2v) is 8.20. The minimum absolute atomic E-state index is 0.976. The number of hydrogen-bond acceptors (Lipinski definition) is 1. The molecule has 1 nitrogen and oxygen atoms in total. The fourth-order valence-corrected chi connectivity index (χ4v) is 4.94. The number of nitrogens with zero attached hydrogens (tertiary/aromatic N) is 1. The first kappa shape index (κ1) is 16.7. The molecule has 0 spiro atoms. The largest absolute Gasteiger partial charge is 0.255 e. The Balaban J connectivity index is 1.79. The van der Waals surface area contributed by atoms with Gasteiger partial charge in [-0.1, -0.05) is 78.9 Å². The van der Waals surface area contributed by atoms with Gasteiger partial charge in [0.1, 0.15) is 0 Å². The van der Waals surface area contributed by atoms with Gasteiger partial charge in [0.2, 0.25) is 0 Å². The average Bonchev–Trinajstić information content (AvgIpc) is 2.78.